The van der Waals surface area contributed by atoms with Gasteiger partial charge in [0.1, 0.15) is 11.0 Å². The molecule has 6 heteroatoms. The van der Waals surface area contributed by atoms with Crippen LogP contribution in [-0.2, 0) is 11.0 Å². The van der Waals surface area contributed by atoms with Crippen molar-refractivity contribution in [3.8, 4) is 0 Å². The predicted molar refractivity (Wildman–Crippen MR) is 65.9 cm³/mol. The molecule has 1 unspecified atom stereocenters. The van der Waals surface area contributed by atoms with E-state index in [-0.39, 0.29) is 6.42 Å². The van der Waals surface area contributed by atoms with Crippen LogP contribution in [0.3, 0.4) is 0 Å². The molecule has 0 saturated heterocycles. The topological polar surface area (TPSA) is 43.1 Å². The second-order valence-electron chi connectivity index (χ2n) is 3.95. The van der Waals surface area contributed by atoms with E-state index < -0.39 is 23.1 Å². The standard InChI is InChI=1S/C12H14F3NOS/c1-9(12(13,14)15)3-2-4-10-5-7-11(8-6-10)18(16)17/h2,4-9H,3,16H2,1H3/t9-,18?/m1/s1. The van der Waals surface area contributed by atoms with Gasteiger partial charge in [-0.05, 0) is 24.1 Å². The van der Waals surface area contributed by atoms with E-state index in [2.05, 4.69) is 0 Å². The highest BCUT2D eigenvalue weighted by Gasteiger charge is 2.34. The van der Waals surface area contributed by atoms with Gasteiger partial charge in [0.25, 0.3) is 0 Å². The van der Waals surface area contributed by atoms with Crippen molar-refractivity contribution in [2.75, 3.05) is 0 Å². The molecule has 0 spiro atoms. The molecule has 2 N–H and O–H groups in total. The Bertz CT molecular complexity index is 440. The van der Waals surface area contributed by atoms with Crippen molar-refractivity contribution in [2.45, 2.75) is 24.4 Å². The number of nitrogens with two attached hydrogens (primary N) is 1. The smallest absolute Gasteiger partial charge is 0.248 e. The van der Waals surface area contributed by atoms with Gasteiger partial charge in [0.05, 0.1) is 10.8 Å². The summed E-state index contributed by atoms with van der Waals surface area (Å²) in [6.07, 6.45) is -1.14. The third kappa shape index (κ3) is 4.62. The average Bonchev–Trinajstić information content (AvgIpc) is 2.28. The highest BCUT2D eigenvalue weighted by atomic mass is 32.2. The Labute approximate surface area is 106 Å². The summed E-state index contributed by atoms with van der Waals surface area (Å²) in [6.45, 7) is 1.14. The van der Waals surface area contributed by atoms with Crippen molar-refractivity contribution in [3.63, 3.8) is 0 Å². The summed E-state index contributed by atoms with van der Waals surface area (Å²) in [4.78, 5) is 0.482. The van der Waals surface area contributed by atoms with Gasteiger partial charge in [-0.2, -0.15) is 13.2 Å². The molecule has 0 heterocycles. The normalized spacial score (nSPS) is 15.8. The molecule has 0 radical (unpaired) electrons. The molecule has 0 aliphatic rings. The first-order chi connectivity index (χ1) is 8.30. The van der Waals surface area contributed by atoms with Crippen molar-refractivity contribution < 1.29 is 17.4 Å². The number of hydrogen-bond donors (Lipinski definition) is 1. The predicted octanol–water partition coefficient (Wildman–Crippen LogP) is 3.27. The van der Waals surface area contributed by atoms with Gasteiger partial charge in [-0.3, -0.25) is 0 Å². The highest BCUT2D eigenvalue weighted by Crippen LogP contribution is 2.28. The van der Waals surface area contributed by atoms with Crippen molar-refractivity contribution in [2.24, 2.45) is 11.1 Å². The van der Waals surface area contributed by atoms with E-state index in [0.717, 1.165) is 12.5 Å². The molecule has 0 saturated carbocycles. The molecule has 0 aliphatic carbocycles. The first-order valence-corrected chi connectivity index (χ1v) is 6.51. The van der Waals surface area contributed by atoms with E-state index in [1.807, 2.05) is 0 Å². The van der Waals surface area contributed by atoms with Crippen LogP contribution < -0.4 is 5.14 Å². The zero-order chi connectivity index (χ0) is 13.8. The molecule has 18 heavy (non-hydrogen) atoms. The van der Waals surface area contributed by atoms with Gasteiger partial charge >= 0.3 is 6.18 Å². The summed E-state index contributed by atoms with van der Waals surface area (Å²) < 4.78 is 47.6. The van der Waals surface area contributed by atoms with Crippen molar-refractivity contribution in [1.29, 1.82) is 0 Å². The van der Waals surface area contributed by atoms with Gasteiger partial charge in [0.2, 0.25) is 0 Å². The Kier molecular flexibility index (Phi) is 5.10. The molecular formula is C12H14F3NOS. The second-order valence-corrected chi connectivity index (χ2v) is 5.01. The molecule has 0 aliphatic heterocycles. The largest absolute Gasteiger partial charge is 0.391 e. The Morgan fingerprint density at radius 1 is 1.33 bits per heavy atom. The zero-order valence-corrected chi connectivity index (χ0v) is 10.6. The van der Waals surface area contributed by atoms with Crippen molar-refractivity contribution in [1.82, 2.24) is 0 Å². The van der Waals surface area contributed by atoms with Crippen LogP contribution in [0.4, 0.5) is 13.2 Å². The maximum atomic E-state index is 12.2. The van der Waals surface area contributed by atoms with Crippen LogP contribution in [0.15, 0.2) is 35.2 Å². The van der Waals surface area contributed by atoms with Crippen LogP contribution in [-0.4, -0.2) is 10.4 Å². The summed E-state index contributed by atoms with van der Waals surface area (Å²) in [5.41, 5.74) is 0.749. The van der Waals surface area contributed by atoms with Crippen molar-refractivity contribution >= 4 is 17.1 Å². The lowest BCUT2D eigenvalue weighted by molar-refractivity contribution is -0.168. The first kappa shape index (κ1) is 14.9. The van der Waals surface area contributed by atoms with Crippen LogP contribution in [0.1, 0.15) is 18.9 Å². The fourth-order valence-electron chi connectivity index (χ4n) is 1.25. The second kappa shape index (κ2) is 6.15. The van der Waals surface area contributed by atoms with Gasteiger partial charge < -0.3 is 0 Å². The fourth-order valence-corrected chi connectivity index (χ4v) is 1.66. The molecule has 0 aromatic heterocycles. The molecule has 1 rings (SSSR count). The lowest BCUT2D eigenvalue weighted by Crippen LogP contribution is -2.18. The van der Waals surface area contributed by atoms with E-state index in [4.69, 9.17) is 5.14 Å². The number of allylic oxidation sites excluding steroid dienone is 1. The summed E-state index contributed by atoms with van der Waals surface area (Å²) in [5.74, 6) is -1.36. The first-order valence-electron chi connectivity index (χ1n) is 5.30. The Hall–Kier alpha value is -1.14. The van der Waals surface area contributed by atoms with E-state index in [1.165, 1.54) is 6.08 Å². The average molecular weight is 277 g/mol. The molecule has 0 bridgehead atoms. The third-order valence-electron chi connectivity index (χ3n) is 2.47. The number of alkyl halides is 3. The van der Waals surface area contributed by atoms with Crippen LogP contribution >= 0.6 is 0 Å². The van der Waals surface area contributed by atoms with Gasteiger partial charge in [-0.1, -0.05) is 31.2 Å². The van der Waals surface area contributed by atoms with Crippen LogP contribution in [0.2, 0.25) is 0 Å². The third-order valence-corrected chi connectivity index (χ3v) is 3.21. The highest BCUT2D eigenvalue weighted by molar-refractivity contribution is 7.82. The molecule has 0 amide bonds. The summed E-state index contributed by atoms with van der Waals surface area (Å²) >= 11 is 0. The molecule has 2 nitrogen and oxygen atoms in total. The Balaban J connectivity index is 2.60. The van der Waals surface area contributed by atoms with Gasteiger partial charge in [0, 0.05) is 0 Å². The van der Waals surface area contributed by atoms with E-state index in [1.54, 1.807) is 30.3 Å². The number of rotatable bonds is 4. The SMILES string of the molecule is C[C@H](CC=Cc1ccc(S(N)=O)cc1)C(F)(F)F. The van der Waals surface area contributed by atoms with Crippen molar-refractivity contribution in [3.05, 3.63) is 35.9 Å². The number of halogens is 3. The monoisotopic (exact) mass is 277 g/mol. The van der Waals surface area contributed by atoms with Crippen LogP contribution in [0.25, 0.3) is 6.08 Å². The summed E-state index contributed by atoms with van der Waals surface area (Å²) in [5, 5.41) is 5.18. The summed E-state index contributed by atoms with van der Waals surface area (Å²) in [6, 6.07) is 6.50. The minimum Gasteiger partial charge on any atom is -0.248 e. The molecule has 0 fully saturated rings. The van der Waals surface area contributed by atoms with Gasteiger partial charge in [-0.15, -0.1) is 0 Å². The van der Waals surface area contributed by atoms with Crippen LogP contribution in [0, 0.1) is 5.92 Å². The maximum Gasteiger partial charge on any atom is 0.391 e. The lowest BCUT2D eigenvalue weighted by Gasteiger charge is -2.12. The maximum absolute atomic E-state index is 12.2. The lowest BCUT2D eigenvalue weighted by atomic mass is 10.1. The number of benzene rings is 1. The van der Waals surface area contributed by atoms with Crippen LogP contribution in [0.5, 0.6) is 0 Å². The number of hydrogen-bond acceptors (Lipinski definition) is 1. The molecule has 1 aromatic carbocycles. The molecule has 2 atom stereocenters. The fraction of sp³-hybridized carbons (Fsp3) is 0.333. The van der Waals surface area contributed by atoms with E-state index in [9.17, 15) is 17.4 Å². The molecule has 100 valence electrons. The molecular weight excluding hydrogens is 263 g/mol. The minimum atomic E-state index is -4.16. The van der Waals surface area contributed by atoms with Gasteiger partial charge in [-0.25, -0.2) is 9.35 Å². The minimum absolute atomic E-state index is 0.0614. The van der Waals surface area contributed by atoms with E-state index in [0.29, 0.717) is 4.90 Å². The quantitative estimate of drug-likeness (QED) is 0.901. The molecule has 1 aromatic rings. The summed E-state index contributed by atoms with van der Waals surface area (Å²) in [7, 11) is -1.53. The van der Waals surface area contributed by atoms with Gasteiger partial charge in [0.15, 0.2) is 0 Å². The van der Waals surface area contributed by atoms with E-state index >= 15 is 0 Å². The zero-order valence-electron chi connectivity index (χ0n) is 9.78. The Morgan fingerprint density at radius 3 is 2.33 bits per heavy atom. The Morgan fingerprint density at radius 2 is 1.89 bits per heavy atom.